The molecule has 0 fully saturated rings. The predicted octanol–water partition coefficient (Wildman–Crippen LogP) is 4.34. The van der Waals surface area contributed by atoms with Crippen molar-refractivity contribution in [3.8, 4) is 0 Å². The molecule has 1 aliphatic rings. The molecule has 6 nitrogen and oxygen atoms in total. The Kier molecular flexibility index (Phi) is 5.33. The number of furan rings is 1. The lowest BCUT2D eigenvalue weighted by molar-refractivity contribution is 0.0599. The van der Waals surface area contributed by atoms with E-state index in [1.165, 1.54) is 29.3 Å². The van der Waals surface area contributed by atoms with Gasteiger partial charge < -0.3 is 9.15 Å². The fourth-order valence-corrected chi connectivity index (χ4v) is 5.86. The van der Waals surface area contributed by atoms with Crippen LogP contribution in [0.1, 0.15) is 52.1 Å². The van der Waals surface area contributed by atoms with Gasteiger partial charge in [0.15, 0.2) is 5.16 Å². The second kappa shape index (κ2) is 7.75. The molecule has 0 atom stereocenters. The van der Waals surface area contributed by atoms with Crippen LogP contribution >= 0.6 is 23.1 Å². The van der Waals surface area contributed by atoms with Gasteiger partial charge in [0.25, 0.3) is 5.56 Å². The minimum absolute atomic E-state index is 0.0691. The summed E-state index contributed by atoms with van der Waals surface area (Å²) >= 11 is 3.12. The molecule has 0 unspecified atom stereocenters. The first kappa shape index (κ1) is 19.3. The van der Waals surface area contributed by atoms with Crippen LogP contribution in [-0.4, -0.2) is 22.6 Å². The van der Waals surface area contributed by atoms with Crippen LogP contribution in [0.2, 0.25) is 0 Å². The van der Waals surface area contributed by atoms with E-state index in [9.17, 15) is 9.59 Å². The number of esters is 1. The summed E-state index contributed by atoms with van der Waals surface area (Å²) in [6, 6.07) is 1.70. The van der Waals surface area contributed by atoms with Crippen LogP contribution in [0.3, 0.4) is 0 Å². The van der Waals surface area contributed by atoms with Crippen molar-refractivity contribution in [1.29, 1.82) is 0 Å². The summed E-state index contributed by atoms with van der Waals surface area (Å²) in [6.07, 6.45) is 4.02. The number of ether oxygens (including phenoxy) is 1. The van der Waals surface area contributed by atoms with Gasteiger partial charge in [-0.3, -0.25) is 9.36 Å². The molecule has 3 aromatic heterocycles. The molecule has 8 heteroatoms. The Hall–Kier alpha value is -2.06. The van der Waals surface area contributed by atoms with Crippen LogP contribution in [0.25, 0.3) is 10.2 Å². The molecule has 0 saturated carbocycles. The lowest BCUT2D eigenvalue weighted by Gasteiger charge is -2.10. The Morgan fingerprint density at radius 1 is 1.43 bits per heavy atom. The average Bonchev–Trinajstić information content (AvgIpc) is 3.36. The number of hydrogen-bond acceptors (Lipinski definition) is 7. The Labute approximate surface area is 170 Å². The van der Waals surface area contributed by atoms with Crippen molar-refractivity contribution in [2.75, 3.05) is 7.11 Å². The quantitative estimate of drug-likeness (QED) is 0.337. The number of carbonyl (C=O) groups excluding carboxylic acids is 1. The van der Waals surface area contributed by atoms with Crippen LogP contribution < -0.4 is 5.56 Å². The zero-order valence-electron chi connectivity index (χ0n) is 16.2. The average molecular weight is 419 g/mol. The van der Waals surface area contributed by atoms with Crippen molar-refractivity contribution in [2.45, 2.75) is 57.0 Å². The lowest BCUT2D eigenvalue weighted by Crippen LogP contribution is -2.23. The zero-order chi connectivity index (χ0) is 19.8. The number of thiophene rings is 1. The molecule has 0 amide bonds. The highest BCUT2D eigenvalue weighted by Crippen LogP contribution is 2.36. The lowest BCUT2D eigenvalue weighted by atomic mass is 10.2. The van der Waals surface area contributed by atoms with Crippen molar-refractivity contribution in [1.82, 2.24) is 9.55 Å². The van der Waals surface area contributed by atoms with Gasteiger partial charge in [-0.15, -0.1) is 11.3 Å². The van der Waals surface area contributed by atoms with Gasteiger partial charge in [-0.2, -0.15) is 0 Å². The standard InChI is InChI=1S/C20H22N2O4S2/c1-4-8-22-18(23)16-13-6-5-7-15(13)28-17(16)21-20(22)27-10-12-9-14(11(2)26-12)19(24)25-3/h9H,4-8,10H2,1-3H3. The molecule has 4 rings (SSSR count). The van der Waals surface area contributed by atoms with E-state index < -0.39 is 5.97 Å². The summed E-state index contributed by atoms with van der Waals surface area (Å²) in [5.41, 5.74) is 1.71. The Balaban J connectivity index is 1.68. The fourth-order valence-electron chi connectivity index (χ4n) is 3.65. The third-order valence-corrected chi connectivity index (χ3v) is 7.14. The van der Waals surface area contributed by atoms with Crippen molar-refractivity contribution < 1.29 is 13.9 Å². The Morgan fingerprint density at radius 3 is 3.00 bits per heavy atom. The molecule has 3 aromatic rings. The second-order valence-electron chi connectivity index (χ2n) is 6.85. The van der Waals surface area contributed by atoms with E-state index in [2.05, 4.69) is 6.92 Å². The van der Waals surface area contributed by atoms with E-state index in [0.717, 1.165) is 35.9 Å². The van der Waals surface area contributed by atoms with E-state index >= 15 is 0 Å². The summed E-state index contributed by atoms with van der Waals surface area (Å²) in [5.74, 6) is 1.28. The third-order valence-electron chi connectivity index (χ3n) is 4.95. The molecule has 148 valence electrons. The van der Waals surface area contributed by atoms with Crippen LogP contribution in [0, 0.1) is 6.92 Å². The van der Waals surface area contributed by atoms with E-state index in [0.29, 0.717) is 34.5 Å². The number of hydrogen-bond donors (Lipinski definition) is 0. The normalized spacial score (nSPS) is 13.2. The number of nitrogens with zero attached hydrogens (tertiary/aromatic N) is 2. The van der Waals surface area contributed by atoms with Crippen molar-refractivity contribution in [3.63, 3.8) is 0 Å². The van der Waals surface area contributed by atoms with E-state index in [1.807, 2.05) is 0 Å². The van der Waals surface area contributed by atoms with E-state index in [4.69, 9.17) is 14.1 Å². The molecule has 0 N–H and O–H groups in total. The van der Waals surface area contributed by atoms with Gasteiger partial charge in [0.2, 0.25) is 0 Å². The molecule has 0 aliphatic heterocycles. The molecule has 28 heavy (non-hydrogen) atoms. The zero-order valence-corrected chi connectivity index (χ0v) is 17.8. The number of thioether (sulfide) groups is 1. The number of aromatic nitrogens is 2. The largest absolute Gasteiger partial charge is 0.465 e. The molecular formula is C20H22N2O4S2. The maximum Gasteiger partial charge on any atom is 0.341 e. The topological polar surface area (TPSA) is 74.3 Å². The maximum atomic E-state index is 13.2. The highest BCUT2D eigenvalue weighted by atomic mass is 32.2. The molecule has 0 aromatic carbocycles. The first-order valence-corrected chi connectivity index (χ1v) is 11.2. The van der Waals surface area contributed by atoms with Crippen LogP contribution in [-0.2, 0) is 29.9 Å². The molecular weight excluding hydrogens is 396 g/mol. The van der Waals surface area contributed by atoms with E-state index in [1.54, 1.807) is 28.9 Å². The second-order valence-corrected chi connectivity index (χ2v) is 8.88. The van der Waals surface area contributed by atoms with Crippen molar-refractivity contribution in [3.05, 3.63) is 43.9 Å². The minimum atomic E-state index is -0.409. The van der Waals surface area contributed by atoms with Crippen LogP contribution in [0.4, 0.5) is 0 Å². The Morgan fingerprint density at radius 2 is 2.25 bits per heavy atom. The number of methoxy groups -OCH3 is 1. The van der Waals surface area contributed by atoms with Gasteiger partial charge in [0, 0.05) is 11.4 Å². The van der Waals surface area contributed by atoms with Gasteiger partial charge in [-0.1, -0.05) is 18.7 Å². The summed E-state index contributed by atoms with van der Waals surface area (Å²) < 4.78 is 12.3. The van der Waals surface area contributed by atoms with Gasteiger partial charge in [-0.25, -0.2) is 9.78 Å². The highest BCUT2D eigenvalue weighted by molar-refractivity contribution is 7.98. The molecule has 0 radical (unpaired) electrons. The SMILES string of the molecule is CCCn1c(SCc2cc(C(=O)OC)c(C)o2)nc2sc3c(c2c1=O)CCC3. The third kappa shape index (κ3) is 3.28. The van der Waals surface area contributed by atoms with Gasteiger partial charge in [-0.05, 0) is 44.2 Å². The number of carbonyl (C=O) groups is 1. The summed E-state index contributed by atoms with van der Waals surface area (Å²) in [4.78, 5) is 31.9. The maximum absolute atomic E-state index is 13.2. The molecule has 0 saturated heterocycles. The smallest absolute Gasteiger partial charge is 0.341 e. The van der Waals surface area contributed by atoms with Crippen molar-refractivity contribution in [2.24, 2.45) is 0 Å². The number of aryl methyl sites for hydroxylation is 3. The summed E-state index contributed by atoms with van der Waals surface area (Å²) in [5, 5.41) is 1.52. The number of rotatable bonds is 6. The Bertz CT molecular complexity index is 1110. The monoisotopic (exact) mass is 418 g/mol. The first-order valence-electron chi connectivity index (χ1n) is 9.39. The van der Waals surface area contributed by atoms with Gasteiger partial charge in [0.05, 0.1) is 18.2 Å². The first-order chi connectivity index (χ1) is 13.5. The summed E-state index contributed by atoms with van der Waals surface area (Å²) in [6.45, 7) is 4.44. The summed E-state index contributed by atoms with van der Waals surface area (Å²) in [7, 11) is 1.35. The molecule has 3 heterocycles. The minimum Gasteiger partial charge on any atom is -0.465 e. The van der Waals surface area contributed by atoms with E-state index in [-0.39, 0.29) is 5.56 Å². The molecule has 0 bridgehead atoms. The highest BCUT2D eigenvalue weighted by Gasteiger charge is 2.23. The van der Waals surface area contributed by atoms with Crippen LogP contribution in [0.15, 0.2) is 20.4 Å². The molecule has 0 spiro atoms. The number of fused-ring (bicyclic) bond motifs is 3. The molecule has 1 aliphatic carbocycles. The fraction of sp³-hybridized carbons (Fsp3) is 0.450. The van der Waals surface area contributed by atoms with Crippen LogP contribution in [0.5, 0.6) is 0 Å². The van der Waals surface area contributed by atoms with Gasteiger partial charge >= 0.3 is 5.97 Å². The van der Waals surface area contributed by atoms with Gasteiger partial charge in [0.1, 0.15) is 21.9 Å². The van der Waals surface area contributed by atoms with Crippen molar-refractivity contribution >= 4 is 39.3 Å². The predicted molar refractivity (Wildman–Crippen MR) is 111 cm³/mol.